The summed E-state index contributed by atoms with van der Waals surface area (Å²) >= 11 is 0. The number of amides is 1. The van der Waals surface area contributed by atoms with Crippen LogP contribution in [0.5, 0.6) is 0 Å². The van der Waals surface area contributed by atoms with Gasteiger partial charge in [0.25, 0.3) is 0 Å². The van der Waals surface area contributed by atoms with Gasteiger partial charge in [0.05, 0.1) is 23.6 Å². The Morgan fingerprint density at radius 3 is 2.58 bits per heavy atom. The smallest absolute Gasteiger partial charge is 0.408 e. The molecule has 1 heterocycles. The SMILES string of the molecule is CC(C)(C)OC(=O)N[C@@H](Cc1ccccc1)[C@@H]1C[C@@H](Cc2cccc(C#N)c2)C(=O)O1. The Labute approximate surface area is 183 Å². The number of hydrogen-bond donors (Lipinski definition) is 1. The molecule has 3 rings (SSSR count). The number of carbonyl (C=O) groups is 2. The van der Waals surface area contributed by atoms with Gasteiger partial charge < -0.3 is 14.8 Å². The fourth-order valence-corrected chi connectivity index (χ4v) is 3.74. The number of cyclic esters (lactones) is 1. The molecule has 1 aliphatic rings. The molecule has 0 spiro atoms. The quantitative estimate of drug-likeness (QED) is 0.709. The van der Waals surface area contributed by atoms with Crippen molar-refractivity contribution in [2.24, 2.45) is 5.92 Å². The van der Waals surface area contributed by atoms with Crippen molar-refractivity contribution in [1.82, 2.24) is 5.32 Å². The highest BCUT2D eigenvalue weighted by atomic mass is 16.6. The zero-order valence-electron chi connectivity index (χ0n) is 18.1. The molecule has 0 bridgehead atoms. The molecule has 31 heavy (non-hydrogen) atoms. The Balaban J connectivity index is 1.72. The summed E-state index contributed by atoms with van der Waals surface area (Å²) in [6, 6.07) is 18.7. The molecule has 0 aliphatic carbocycles. The number of esters is 1. The van der Waals surface area contributed by atoms with E-state index in [1.54, 1.807) is 32.9 Å². The predicted molar refractivity (Wildman–Crippen MR) is 116 cm³/mol. The number of nitrogens with one attached hydrogen (secondary N) is 1. The van der Waals surface area contributed by atoms with Crippen LogP contribution >= 0.6 is 0 Å². The van der Waals surface area contributed by atoms with Crippen molar-refractivity contribution in [3.8, 4) is 6.07 Å². The van der Waals surface area contributed by atoms with Crippen LogP contribution in [0.4, 0.5) is 4.79 Å². The predicted octanol–water partition coefficient (Wildman–Crippen LogP) is 4.17. The van der Waals surface area contributed by atoms with Crippen LogP contribution in [0.3, 0.4) is 0 Å². The number of ether oxygens (including phenoxy) is 2. The van der Waals surface area contributed by atoms with E-state index < -0.39 is 23.8 Å². The minimum absolute atomic E-state index is 0.281. The van der Waals surface area contributed by atoms with Gasteiger partial charge in [0.1, 0.15) is 11.7 Å². The molecular formula is C25H28N2O4. The van der Waals surface area contributed by atoms with E-state index in [0.29, 0.717) is 24.8 Å². The highest BCUT2D eigenvalue weighted by Crippen LogP contribution is 2.28. The fourth-order valence-electron chi connectivity index (χ4n) is 3.74. The molecule has 6 nitrogen and oxygen atoms in total. The molecule has 1 N–H and O–H groups in total. The van der Waals surface area contributed by atoms with E-state index in [0.717, 1.165) is 11.1 Å². The number of nitriles is 1. The van der Waals surface area contributed by atoms with Gasteiger partial charge in [0, 0.05) is 6.42 Å². The maximum Gasteiger partial charge on any atom is 0.408 e. The number of nitrogens with zero attached hydrogens (tertiary/aromatic N) is 1. The van der Waals surface area contributed by atoms with Crippen molar-refractivity contribution < 1.29 is 19.1 Å². The topological polar surface area (TPSA) is 88.4 Å². The van der Waals surface area contributed by atoms with Crippen LogP contribution < -0.4 is 5.32 Å². The number of carbonyl (C=O) groups excluding carboxylic acids is 2. The summed E-state index contributed by atoms with van der Waals surface area (Å²) in [4.78, 5) is 25.0. The van der Waals surface area contributed by atoms with E-state index in [2.05, 4.69) is 11.4 Å². The average molecular weight is 421 g/mol. The summed E-state index contributed by atoms with van der Waals surface area (Å²) in [5.74, 6) is -0.603. The fraction of sp³-hybridized carbons (Fsp3) is 0.400. The number of rotatable bonds is 6. The van der Waals surface area contributed by atoms with Gasteiger partial charge in [-0.3, -0.25) is 4.79 Å². The average Bonchev–Trinajstić information content (AvgIpc) is 3.07. The maximum absolute atomic E-state index is 12.6. The second kappa shape index (κ2) is 9.65. The zero-order valence-corrected chi connectivity index (χ0v) is 18.1. The first kappa shape index (κ1) is 22.4. The van der Waals surface area contributed by atoms with Crippen LogP contribution in [0.1, 0.15) is 43.9 Å². The van der Waals surface area contributed by atoms with Crippen LogP contribution in [0.15, 0.2) is 54.6 Å². The largest absolute Gasteiger partial charge is 0.460 e. The third-order valence-electron chi connectivity index (χ3n) is 5.11. The summed E-state index contributed by atoms with van der Waals surface area (Å²) in [7, 11) is 0. The third kappa shape index (κ3) is 6.58. The highest BCUT2D eigenvalue weighted by molar-refractivity contribution is 5.75. The molecule has 1 aliphatic heterocycles. The minimum atomic E-state index is -0.623. The van der Waals surface area contributed by atoms with Gasteiger partial charge >= 0.3 is 12.1 Å². The van der Waals surface area contributed by atoms with Gasteiger partial charge in [-0.1, -0.05) is 42.5 Å². The summed E-state index contributed by atoms with van der Waals surface area (Å²) in [6.07, 6.45) is 0.520. The van der Waals surface area contributed by atoms with Crippen molar-refractivity contribution in [2.75, 3.05) is 0 Å². The molecule has 6 heteroatoms. The van der Waals surface area contributed by atoms with Crippen molar-refractivity contribution in [3.05, 3.63) is 71.3 Å². The van der Waals surface area contributed by atoms with E-state index >= 15 is 0 Å². The van der Waals surface area contributed by atoms with Gasteiger partial charge in [-0.25, -0.2) is 4.79 Å². The van der Waals surface area contributed by atoms with Crippen molar-refractivity contribution in [1.29, 1.82) is 5.26 Å². The zero-order chi connectivity index (χ0) is 22.4. The lowest BCUT2D eigenvalue weighted by Gasteiger charge is -2.26. The Morgan fingerprint density at radius 2 is 1.90 bits per heavy atom. The first-order chi connectivity index (χ1) is 14.7. The van der Waals surface area contributed by atoms with E-state index in [4.69, 9.17) is 14.7 Å². The third-order valence-corrected chi connectivity index (χ3v) is 5.11. The lowest BCUT2D eigenvalue weighted by atomic mass is 9.91. The first-order valence-corrected chi connectivity index (χ1v) is 10.5. The summed E-state index contributed by atoms with van der Waals surface area (Å²) in [6.45, 7) is 5.42. The molecule has 2 aromatic carbocycles. The normalized spacial score (nSPS) is 19.2. The van der Waals surface area contributed by atoms with Gasteiger partial charge in [-0.15, -0.1) is 0 Å². The van der Waals surface area contributed by atoms with Crippen LogP contribution in [0, 0.1) is 17.2 Å². The van der Waals surface area contributed by atoms with E-state index in [1.165, 1.54) is 0 Å². The van der Waals surface area contributed by atoms with Gasteiger partial charge in [-0.2, -0.15) is 5.26 Å². The Bertz CT molecular complexity index is 959. The lowest BCUT2D eigenvalue weighted by molar-refractivity contribution is -0.145. The molecule has 0 unspecified atom stereocenters. The van der Waals surface area contributed by atoms with Crippen molar-refractivity contribution >= 4 is 12.1 Å². The summed E-state index contributed by atoms with van der Waals surface area (Å²) in [5, 5.41) is 12.0. The van der Waals surface area contributed by atoms with Gasteiger partial charge in [0.15, 0.2) is 0 Å². The number of benzene rings is 2. The maximum atomic E-state index is 12.6. The molecular weight excluding hydrogens is 392 g/mol. The second-order valence-corrected chi connectivity index (χ2v) is 8.87. The van der Waals surface area contributed by atoms with Gasteiger partial charge in [0.2, 0.25) is 0 Å². The first-order valence-electron chi connectivity index (χ1n) is 10.5. The highest BCUT2D eigenvalue weighted by Gasteiger charge is 2.40. The number of hydrogen-bond acceptors (Lipinski definition) is 5. The molecule has 0 radical (unpaired) electrons. The molecule has 0 aromatic heterocycles. The Hall–Kier alpha value is -3.33. The monoisotopic (exact) mass is 420 g/mol. The molecule has 0 saturated carbocycles. The molecule has 1 fully saturated rings. The van der Waals surface area contributed by atoms with Crippen LogP contribution in [-0.2, 0) is 27.1 Å². The van der Waals surface area contributed by atoms with Gasteiger partial charge in [-0.05, 0) is 56.9 Å². The van der Waals surface area contributed by atoms with Crippen molar-refractivity contribution in [3.63, 3.8) is 0 Å². The molecule has 1 amide bonds. The van der Waals surface area contributed by atoms with E-state index in [1.807, 2.05) is 42.5 Å². The standard InChI is InChI=1S/C25H28N2O4/c1-25(2,3)31-24(29)27-21(14-17-8-5-4-6-9-17)22-15-20(23(28)30-22)13-18-10-7-11-19(12-18)16-26/h4-12,20-22H,13-15H2,1-3H3,(H,27,29)/t20-,21+,22+/m1/s1. The second-order valence-electron chi connectivity index (χ2n) is 8.87. The van der Waals surface area contributed by atoms with Crippen LogP contribution in [-0.4, -0.2) is 29.8 Å². The minimum Gasteiger partial charge on any atom is -0.460 e. The van der Waals surface area contributed by atoms with Crippen LogP contribution in [0.25, 0.3) is 0 Å². The Kier molecular flexibility index (Phi) is 6.96. The van der Waals surface area contributed by atoms with E-state index in [9.17, 15) is 9.59 Å². The molecule has 1 saturated heterocycles. The lowest BCUT2D eigenvalue weighted by Crippen LogP contribution is -2.46. The molecule has 162 valence electrons. The summed E-state index contributed by atoms with van der Waals surface area (Å²) in [5.41, 5.74) is 1.89. The number of alkyl carbamates (subject to hydrolysis) is 1. The molecule has 2 aromatic rings. The van der Waals surface area contributed by atoms with Crippen LogP contribution in [0.2, 0.25) is 0 Å². The molecule has 3 atom stereocenters. The van der Waals surface area contributed by atoms with E-state index in [-0.39, 0.29) is 11.9 Å². The summed E-state index contributed by atoms with van der Waals surface area (Å²) < 4.78 is 11.1. The Morgan fingerprint density at radius 1 is 1.19 bits per heavy atom. The van der Waals surface area contributed by atoms with Crippen molar-refractivity contribution in [2.45, 2.75) is 57.8 Å².